The first kappa shape index (κ1) is 14.8. The minimum atomic E-state index is -1.81. The molecular weight excluding hydrogens is 344 g/mol. The highest BCUT2D eigenvalue weighted by atomic mass is 16.7. The first-order valence-electron chi connectivity index (χ1n) is 7.61. The van der Waals surface area contributed by atoms with Crippen molar-refractivity contribution in [1.29, 1.82) is 0 Å². The van der Waals surface area contributed by atoms with Crippen molar-refractivity contribution in [3.63, 3.8) is 0 Å². The topological polar surface area (TPSA) is 134 Å². The Kier molecular flexibility index (Phi) is 2.48. The Hall–Kier alpha value is -3.52. The third-order valence-electron chi connectivity index (χ3n) is 4.87. The maximum absolute atomic E-state index is 12.9. The van der Waals surface area contributed by atoms with Gasteiger partial charge in [-0.25, -0.2) is 0 Å². The highest BCUT2D eigenvalue weighted by Crippen LogP contribution is 2.53. The van der Waals surface area contributed by atoms with Gasteiger partial charge in [-0.15, -0.1) is 0 Å². The van der Waals surface area contributed by atoms with Crippen LogP contribution in [0.5, 0.6) is 23.0 Å². The van der Waals surface area contributed by atoms with Gasteiger partial charge in [0, 0.05) is 5.56 Å². The molecule has 0 amide bonds. The van der Waals surface area contributed by atoms with Gasteiger partial charge in [-0.05, 0) is 24.3 Å². The summed E-state index contributed by atoms with van der Waals surface area (Å²) in [6.07, 6.45) is 1.32. The fourth-order valence-electron chi connectivity index (χ4n) is 3.66. The van der Waals surface area contributed by atoms with Crippen LogP contribution in [0.3, 0.4) is 0 Å². The number of aliphatic hydroxyl groups is 1. The molecule has 3 aliphatic rings. The molecule has 8 heteroatoms. The van der Waals surface area contributed by atoms with E-state index in [1.54, 1.807) is 0 Å². The monoisotopic (exact) mass is 354 g/mol. The van der Waals surface area contributed by atoms with E-state index in [0.29, 0.717) is 0 Å². The molecule has 2 unspecified atom stereocenters. The van der Waals surface area contributed by atoms with Crippen molar-refractivity contribution < 1.29 is 39.5 Å². The third-order valence-corrected chi connectivity index (χ3v) is 4.87. The van der Waals surface area contributed by atoms with Crippen LogP contribution in [0, 0.1) is 0 Å². The highest BCUT2D eigenvalue weighted by Gasteiger charge is 2.54. The number of carbonyl (C=O) groups is 2. The number of fused-ring (bicyclic) bond motifs is 5. The molecule has 2 aromatic carbocycles. The van der Waals surface area contributed by atoms with Gasteiger partial charge in [-0.1, -0.05) is 0 Å². The lowest BCUT2D eigenvalue weighted by Crippen LogP contribution is -2.33. The van der Waals surface area contributed by atoms with E-state index in [4.69, 9.17) is 9.47 Å². The van der Waals surface area contributed by atoms with Crippen molar-refractivity contribution in [3.05, 3.63) is 58.4 Å². The zero-order valence-electron chi connectivity index (χ0n) is 12.9. The van der Waals surface area contributed by atoms with Gasteiger partial charge in [0.25, 0.3) is 6.29 Å². The van der Waals surface area contributed by atoms with Gasteiger partial charge in [0.15, 0.2) is 11.4 Å². The Balaban J connectivity index is 1.84. The SMILES string of the molecule is O=C1c2cc3c(c(O)c2C(=O)c2c(O)ccc(O)c21)C1(O)C=COC1O3. The molecular formula is C18H10O8. The Morgan fingerprint density at radius 1 is 0.962 bits per heavy atom. The first-order valence-corrected chi connectivity index (χ1v) is 7.61. The summed E-state index contributed by atoms with van der Waals surface area (Å²) in [6.45, 7) is 0. The largest absolute Gasteiger partial charge is 0.507 e. The average molecular weight is 354 g/mol. The second-order valence-electron chi connectivity index (χ2n) is 6.25. The quantitative estimate of drug-likeness (QED) is 0.440. The van der Waals surface area contributed by atoms with E-state index in [1.807, 2.05) is 0 Å². The van der Waals surface area contributed by atoms with Gasteiger partial charge in [0.05, 0.1) is 28.5 Å². The molecule has 1 aliphatic carbocycles. The molecule has 4 N–H and O–H groups in total. The number of carbonyl (C=O) groups excluding carboxylic acids is 2. The number of phenols is 3. The standard InChI is InChI=1S/C18H10O8/c19-7-1-2-8(20)12-11(7)14(21)6-5-9-13(16(23)10(6)15(12)22)18(24)3-4-25-17(18)26-9/h1-5,17,19-20,23-24H. The van der Waals surface area contributed by atoms with Crippen LogP contribution in [0.4, 0.5) is 0 Å². The number of hydrogen-bond donors (Lipinski definition) is 4. The maximum atomic E-state index is 12.9. The summed E-state index contributed by atoms with van der Waals surface area (Å²) in [5.41, 5.74) is -3.24. The predicted molar refractivity (Wildman–Crippen MR) is 83.3 cm³/mol. The third kappa shape index (κ3) is 1.48. The van der Waals surface area contributed by atoms with E-state index in [0.717, 1.165) is 12.1 Å². The van der Waals surface area contributed by atoms with Crippen molar-refractivity contribution in [2.24, 2.45) is 0 Å². The van der Waals surface area contributed by atoms with E-state index in [9.17, 15) is 30.0 Å². The van der Waals surface area contributed by atoms with E-state index in [-0.39, 0.29) is 28.0 Å². The molecule has 0 bridgehead atoms. The number of benzene rings is 2. The lowest BCUT2D eigenvalue weighted by molar-refractivity contribution is -0.110. The Bertz CT molecular complexity index is 1080. The van der Waals surface area contributed by atoms with Crippen LogP contribution < -0.4 is 4.74 Å². The Labute approximate surface area is 145 Å². The first-order chi connectivity index (χ1) is 12.3. The van der Waals surface area contributed by atoms with Crippen LogP contribution in [0.25, 0.3) is 0 Å². The minimum absolute atomic E-state index is 0.0117. The molecule has 8 nitrogen and oxygen atoms in total. The van der Waals surface area contributed by atoms with Crippen LogP contribution in [0.1, 0.15) is 37.4 Å². The van der Waals surface area contributed by atoms with Gasteiger partial charge >= 0.3 is 0 Å². The molecule has 2 atom stereocenters. The molecule has 2 heterocycles. The smallest absolute Gasteiger partial charge is 0.277 e. The molecule has 0 aromatic heterocycles. The summed E-state index contributed by atoms with van der Waals surface area (Å²) in [6, 6.07) is 3.39. The summed E-state index contributed by atoms with van der Waals surface area (Å²) < 4.78 is 10.6. The lowest BCUT2D eigenvalue weighted by atomic mass is 9.80. The van der Waals surface area contributed by atoms with Gasteiger partial charge in [0.2, 0.25) is 5.78 Å². The van der Waals surface area contributed by atoms with Crippen molar-refractivity contribution in [3.8, 4) is 23.0 Å². The fourth-order valence-corrected chi connectivity index (χ4v) is 3.66. The molecule has 0 saturated heterocycles. The molecule has 0 saturated carbocycles. The zero-order chi connectivity index (χ0) is 18.4. The van der Waals surface area contributed by atoms with Gasteiger partial charge in [-0.3, -0.25) is 9.59 Å². The Morgan fingerprint density at radius 2 is 1.62 bits per heavy atom. The maximum Gasteiger partial charge on any atom is 0.277 e. The minimum Gasteiger partial charge on any atom is -0.507 e. The molecule has 2 aliphatic heterocycles. The molecule has 0 fully saturated rings. The number of aromatic hydroxyl groups is 3. The van der Waals surface area contributed by atoms with E-state index in [1.165, 1.54) is 18.4 Å². The molecule has 26 heavy (non-hydrogen) atoms. The van der Waals surface area contributed by atoms with Crippen LogP contribution >= 0.6 is 0 Å². The molecule has 0 spiro atoms. The average Bonchev–Trinajstić information content (AvgIpc) is 3.07. The number of ether oxygens (including phenoxy) is 2. The van der Waals surface area contributed by atoms with Crippen LogP contribution in [-0.4, -0.2) is 38.3 Å². The number of phenolic OH excluding ortho intramolecular Hbond substituents is 3. The second-order valence-corrected chi connectivity index (χ2v) is 6.25. The van der Waals surface area contributed by atoms with E-state index >= 15 is 0 Å². The van der Waals surface area contributed by atoms with Crippen molar-refractivity contribution in [2.45, 2.75) is 11.9 Å². The van der Waals surface area contributed by atoms with Gasteiger partial charge < -0.3 is 29.9 Å². The van der Waals surface area contributed by atoms with Crippen molar-refractivity contribution >= 4 is 11.6 Å². The number of rotatable bonds is 0. The summed E-state index contributed by atoms with van der Waals surface area (Å²) in [7, 11) is 0. The molecule has 130 valence electrons. The van der Waals surface area contributed by atoms with Gasteiger partial charge in [0.1, 0.15) is 23.0 Å². The number of ketones is 2. The fraction of sp³-hybridized carbons (Fsp3) is 0.111. The summed E-state index contributed by atoms with van der Waals surface area (Å²) >= 11 is 0. The van der Waals surface area contributed by atoms with Crippen LogP contribution in [0.15, 0.2) is 30.5 Å². The van der Waals surface area contributed by atoms with Crippen LogP contribution in [-0.2, 0) is 10.3 Å². The molecule has 5 rings (SSSR count). The van der Waals surface area contributed by atoms with Crippen molar-refractivity contribution in [1.82, 2.24) is 0 Å². The number of hydrogen-bond acceptors (Lipinski definition) is 8. The lowest BCUT2D eigenvalue weighted by Gasteiger charge is -2.23. The van der Waals surface area contributed by atoms with Gasteiger partial charge in [-0.2, -0.15) is 0 Å². The highest BCUT2D eigenvalue weighted by molar-refractivity contribution is 6.31. The summed E-state index contributed by atoms with van der Waals surface area (Å²) in [4.78, 5) is 25.7. The van der Waals surface area contributed by atoms with E-state index < -0.39 is 46.3 Å². The molecule has 0 radical (unpaired) electrons. The van der Waals surface area contributed by atoms with Crippen molar-refractivity contribution in [2.75, 3.05) is 0 Å². The molecule has 2 aromatic rings. The normalized spacial score (nSPS) is 24.4. The summed E-state index contributed by atoms with van der Waals surface area (Å²) in [5, 5.41) is 41.4. The predicted octanol–water partition coefficient (Wildman–Crippen LogP) is 1.03. The second kappa shape index (κ2) is 4.36. The van der Waals surface area contributed by atoms with E-state index in [2.05, 4.69) is 0 Å². The summed E-state index contributed by atoms with van der Waals surface area (Å²) in [5.74, 6) is -3.22. The van der Waals surface area contributed by atoms with Crippen LogP contribution in [0.2, 0.25) is 0 Å². The Morgan fingerprint density at radius 3 is 2.31 bits per heavy atom. The zero-order valence-corrected chi connectivity index (χ0v) is 12.9.